The first-order valence-electron chi connectivity index (χ1n) is 4.09. The fourth-order valence-corrected chi connectivity index (χ4v) is 1.64. The Hall–Kier alpha value is -1.82. The second-order valence-electron chi connectivity index (χ2n) is 3.03. The maximum atomic E-state index is 8.66. The normalized spacial score (nSPS) is 17.0. The first-order valence-corrected chi connectivity index (χ1v) is 4.09. The molecule has 1 aliphatic rings. The lowest BCUT2D eigenvalue weighted by Crippen LogP contribution is -1.93. The Morgan fingerprint density at radius 2 is 2.23 bits per heavy atom. The molecule has 0 spiro atoms. The van der Waals surface area contributed by atoms with Gasteiger partial charge in [0, 0.05) is 5.56 Å². The van der Waals surface area contributed by atoms with Gasteiger partial charge >= 0.3 is 0 Å². The van der Waals surface area contributed by atoms with Gasteiger partial charge in [-0.3, -0.25) is 0 Å². The lowest BCUT2D eigenvalue weighted by atomic mass is 10.1. The lowest BCUT2D eigenvalue weighted by molar-refractivity contribution is 0.318. The molecule has 0 aromatic heterocycles. The molecule has 0 saturated carbocycles. The monoisotopic (exact) mass is 172 g/mol. The third kappa shape index (κ3) is 1.17. The third-order valence-corrected chi connectivity index (χ3v) is 2.30. The van der Waals surface area contributed by atoms with E-state index in [2.05, 4.69) is 11.2 Å². The minimum absolute atomic E-state index is 0.665. The summed E-state index contributed by atoms with van der Waals surface area (Å²) in [5.74, 6) is 0. The summed E-state index contributed by atoms with van der Waals surface area (Å²) < 4.78 is 0. The van der Waals surface area contributed by atoms with Crippen LogP contribution in [0.25, 0.3) is 0 Å². The molecule has 0 unspecified atom stereocenters. The molecule has 0 radical (unpaired) electrons. The highest BCUT2D eigenvalue weighted by molar-refractivity contribution is 6.04. The molecule has 0 aliphatic heterocycles. The Balaban J connectivity index is 2.54. The van der Waals surface area contributed by atoms with Gasteiger partial charge in [-0.2, -0.15) is 5.26 Å². The van der Waals surface area contributed by atoms with Gasteiger partial charge in [-0.15, -0.1) is 0 Å². The van der Waals surface area contributed by atoms with E-state index in [0.717, 1.165) is 29.7 Å². The number of benzene rings is 1. The number of hydrogen-bond acceptors (Lipinski definition) is 3. The van der Waals surface area contributed by atoms with Crippen molar-refractivity contribution in [2.45, 2.75) is 12.8 Å². The van der Waals surface area contributed by atoms with Gasteiger partial charge in [-0.25, -0.2) is 0 Å². The molecule has 1 N–H and O–H groups in total. The molecule has 3 heteroatoms. The number of nitrogens with zero attached hydrogens (tertiary/aromatic N) is 2. The highest BCUT2D eigenvalue weighted by Gasteiger charge is 2.17. The molecule has 1 aromatic rings. The van der Waals surface area contributed by atoms with Crippen LogP contribution in [0.4, 0.5) is 0 Å². The van der Waals surface area contributed by atoms with E-state index >= 15 is 0 Å². The summed E-state index contributed by atoms with van der Waals surface area (Å²) >= 11 is 0. The minimum atomic E-state index is 0.665. The Morgan fingerprint density at radius 3 is 2.92 bits per heavy atom. The van der Waals surface area contributed by atoms with E-state index in [0.29, 0.717) is 5.56 Å². The largest absolute Gasteiger partial charge is 0.411 e. The summed E-state index contributed by atoms with van der Waals surface area (Å²) in [6.07, 6.45) is 1.63. The number of rotatable bonds is 0. The number of aryl methyl sites for hydroxylation is 1. The molecule has 1 aromatic carbocycles. The van der Waals surface area contributed by atoms with E-state index in [1.54, 1.807) is 6.07 Å². The quantitative estimate of drug-likeness (QED) is 0.478. The number of fused-ring (bicyclic) bond motifs is 1. The number of hydrogen-bond donors (Lipinski definition) is 1. The van der Waals surface area contributed by atoms with Gasteiger partial charge < -0.3 is 5.21 Å². The van der Waals surface area contributed by atoms with Crippen LogP contribution >= 0.6 is 0 Å². The van der Waals surface area contributed by atoms with Crippen molar-refractivity contribution in [2.75, 3.05) is 0 Å². The summed E-state index contributed by atoms with van der Waals surface area (Å²) in [5, 5.41) is 20.5. The average molecular weight is 172 g/mol. The van der Waals surface area contributed by atoms with Crippen molar-refractivity contribution in [3.63, 3.8) is 0 Å². The maximum absolute atomic E-state index is 8.66. The van der Waals surface area contributed by atoms with Crippen LogP contribution in [0.5, 0.6) is 0 Å². The molecule has 3 nitrogen and oxygen atoms in total. The molecule has 0 atom stereocenters. The van der Waals surface area contributed by atoms with Crippen LogP contribution in [-0.2, 0) is 6.42 Å². The average Bonchev–Trinajstić information content (AvgIpc) is 2.59. The molecule has 0 saturated heterocycles. The zero-order valence-corrected chi connectivity index (χ0v) is 6.99. The SMILES string of the molecule is N#Cc1ccc2c(c1)CCC2=NO. The van der Waals surface area contributed by atoms with E-state index in [1.807, 2.05) is 12.1 Å². The van der Waals surface area contributed by atoms with Gasteiger partial charge in [0.15, 0.2) is 0 Å². The zero-order chi connectivity index (χ0) is 9.26. The van der Waals surface area contributed by atoms with Gasteiger partial charge in [0.1, 0.15) is 0 Å². The first-order chi connectivity index (χ1) is 6.35. The molecule has 64 valence electrons. The van der Waals surface area contributed by atoms with Crippen molar-refractivity contribution in [3.05, 3.63) is 34.9 Å². The predicted octanol–water partition coefficient (Wildman–Crippen LogP) is 1.68. The Kier molecular flexibility index (Phi) is 1.75. The lowest BCUT2D eigenvalue weighted by Gasteiger charge is -1.97. The highest BCUT2D eigenvalue weighted by Crippen LogP contribution is 2.23. The predicted molar refractivity (Wildman–Crippen MR) is 47.8 cm³/mol. The molecule has 0 fully saturated rings. The molecule has 0 bridgehead atoms. The van der Waals surface area contributed by atoms with E-state index in [9.17, 15) is 0 Å². The summed E-state index contributed by atoms with van der Waals surface area (Å²) in [6, 6.07) is 7.53. The second-order valence-corrected chi connectivity index (χ2v) is 3.03. The molecule has 0 amide bonds. The second kappa shape index (κ2) is 2.91. The molecule has 13 heavy (non-hydrogen) atoms. The minimum Gasteiger partial charge on any atom is -0.411 e. The Labute approximate surface area is 75.9 Å². The topological polar surface area (TPSA) is 56.4 Å². The van der Waals surface area contributed by atoms with Gasteiger partial charge in [-0.05, 0) is 30.5 Å². The van der Waals surface area contributed by atoms with E-state index in [-0.39, 0.29) is 0 Å². The molecule has 2 rings (SSSR count). The fraction of sp³-hybridized carbons (Fsp3) is 0.200. The number of oxime groups is 1. The van der Waals surface area contributed by atoms with Crippen molar-refractivity contribution >= 4 is 5.71 Å². The smallest absolute Gasteiger partial charge is 0.0991 e. The van der Waals surface area contributed by atoms with Crippen molar-refractivity contribution in [2.24, 2.45) is 5.16 Å². The first kappa shape index (κ1) is 7.81. The summed E-state index contributed by atoms with van der Waals surface area (Å²) in [6.45, 7) is 0. The van der Waals surface area contributed by atoms with Gasteiger partial charge in [-0.1, -0.05) is 11.2 Å². The molecule has 1 aliphatic carbocycles. The molecule has 0 heterocycles. The van der Waals surface area contributed by atoms with Crippen LogP contribution in [0.1, 0.15) is 23.1 Å². The third-order valence-electron chi connectivity index (χ3n) is 2.30. The van der Waals surface area contributed by atoms with Crippen LogP contribution in [0.15, 0.2) is 23.4 Å². The molecular formula is C10H8N2O. The molecular weight excluding hydrogens is 164 g/mol. The van der Waals surface area contributed by atoms with E-state index in [1.165, 1.54) is 0 Å². The summed E-state index contributed by atoms with van der Waals surface area (Å²) in [5.41, 5.74) is 3.46. The van der Waals surface area contributed by atoms with E-state index in [4.69, 9.17) is 10.5 Å². The van der Waals surface area contributed by atoms with Crippen LogP contribution in [-0.4, -0.2) is 10.9 Å². The van der Waals surface area contributed by atoms with E-state index < -0.39 is 0 Å². The van der Waals surface area contributed by atoms with Crippen molar-refractivity contribution < 1.29 is 5.21 Å². The maximum Gasteiger partial charge on any atom is 0.0991 e. The van der Waals surface area contributed by atoms with Crippen LogP contribution < -0.4 is 0 Å². The number of nitriles is 1. The standard InChI is InChI=1S/C10H8N2O/c11-6-7-1-3-9-8(5-7)2-4-10(9)12-13/h1,3,5,13H,2,4H2. The van der Waals surface area contributed by atoms with Gasteiger partial charge in [0.25, 0.3) is 0 Å². The highest BCUT2D eigenvalue weighted by atomic mass is 16.4. The zero-order valence-electron chi connectivity index (χ0n) is 6.99. The van der Waals surface area contributed by atoms with Crippen LogP contribution in [0.2, 0.25) is 0 Å². The van der Waals surface area contributed by atoms with Crippen molar-refractivity contribution in [1.29, 1.82) is 5.26 Å². The van der Waals surface area contributed by atoms with Gasteiger partial charge in [0.05, 0.1) is 17.3 Å². The van der Waals surface area contributed by atoms with Crippen LogP contribution in [0, 0.1) is 11.3 Å². The Morgan fingerprint density at radius 1 is 1.38 bits per heavy atom. The van der Waals surface area contributed by atoms with Crippen molar-refractivity contribution in [1.82, 2.24) is 0 Å². The fourth-order valence-electron chi connectivity index (χ4n) is 1.64. The van der Waals surface area contributed by atoms with Gasteiger partial charge in [0.2, 0.25) is 0 Å². The Bertz CT molecular complexity index is 415. The summed E-state index contributed by atoms with van der Waals surface area (Å²) in [4.78, 5) is 0. The van der Waals surface area contributed by atoms with Crippen LogP contribution in [0.3, 0.4) is 0 Å². The summed E-state index contributed by atoms with van der Waals surface area (Å²) in [7, 11) is 0. The van der Waals surface area contributed by atoms with Crippen molar-refractivity contribution in [3.8, 4) is 6.07 Å².